The Hall–Kier alpha value is -2.37. The smallest absolute Gasteiger partial charge is 0.488 e. The molecule has 0 saturated carbocycles. The van der Waals surface area contributed by atoms with Gasteiger partial charge in [-0.1, -0.05) is 35.5 Å². The molecule has 0 atom stereocenters. The van der Waals surface area contributed by atoms with Crippen LogP contribution in [0.25, 0.3) is 11.3 Å². The average molecular weight is 493 g/mol. The van der Waals surface area contributed by atoms with Crippen LogP contribution in [0.3, 0.4) is 0 Å². The maximum Gasteiger partial charge on any atom is 0.488 e. The predicted octanol–water partition coefficient (Wildman–Crippen LogP) is 4.78. The lowest BCUT2D eigenvalue weighted by Gasteiger charge is -2.26. The highest BCUT2D eigenvalue weighted by Gasteiger charge is 2.63. The van der Waals surface area contributed by atoms with E-state index in [1.54, 1.807) is 30.3 Å². The van der Waals surface area contributed by atoms with Gasteiger partial charge in [-0.05, 0) is 46.9 Å². The van der Waals surface area contributed by atoms with Crippen molar-refractivity contribution in [3.63, 3.8) is 0 Å². The lowest BCUT2D eigenvalue weighted by atomic mass is 10.2. The second kappa shape index (κ2) is 7.33. The molecular weight excluding hydrogens is 481 g/mol. The molecule has 2 aromatic carbocycles. The van der Waals surface area contributed by atoms with Crippen LogP contribution in [-0.2, 0) is 6.05 Å². The van der Waals surface area contributed by atoms with Crippen molar-refractivity contribution in [2.75, 3.05) is 7.11 Å². The summed E-state index contributed by atoms with van der Waals surface area (Å²) in [6.07, 6.45) is -4.87. The zero-order valence-electron chi connectivity index (χ0n) is 13.7. The summed E-state index contributed by atoms with van der Waals surface area (Å²) in [6.45, 7) is 0. The van der Waals surface area contributed by atoms with Gasteiger partial charge < -0.3 is 9.47 Å². The number of rotatable bonds is 6. The molecule has 27 heavy (non-hydrogen) atoms. The molecule has 0 saturated heterocycles. The third kappa shape index (κ3) is 3.70. The Bertz CT molecular complexity index is 918. The van der Waals surface area contributed by atoms with Crippen LogP contribution in [-0.4, -0.2) is 28.2 Å². The Morgan fingerprint density at radius 3 is 2.11 bits per heavy atom. The summed E-state index contributed by atoms with van der Waals surface area (Å²) >= 11 is 1.50. The molecule has 3 aromatic rings. The number of benzene rings is 2. The fraction of sp³-hybridized carbons (Fsp3) is 0.176. The largest absolute Gasteiger partial charge is 0.497 e. The first-order chi connectivity index (χ1) is 12.8. The van der Waals surface area contributed by atoms with Gasteiger partial charge >= 0.3 is 12.2 Å². The number of nitrogens with zero attached hydrogens (tertiary/aromatic N) is 3. The zero-order chi connectivity index (χ0) is 19.7. The SMILES string of the molecule is COc1ccc(OC(F)(F)C(F)(F)n2nnc(-c3ccccc3)c2I)cc1. The highest BCUT2D eigenvalue weighted by Crippen LogP contribution is 2.41. The molecule has 142 valence electrons. The van der Waals surface area contributed by atoms with Crippen LogP contribution >= 0.6 is 22.6 Å². The topological polar surface area (TPSA) is 49.2 Å². The third-order valence-corrected chi connectivity index (χ3v) is 4.55. The van der Waals surface area contributed by atoms with Gasteiger partial charge in [-0.3, -0.25) is 0 Å². The van der Waals surface area contributed by atoms with Crippen LogP contribution in [0.15, 0.2) is 54.6 Å². The number of alkyl halides is 4. The molecule has 10 heteroatoms. The lowest BCUT2D eigenvalue weighted by Crippen LogP contribution is -2.48. The molecule has 0 aliphatic heterocycles. The van der Waals surface area contributed by atoms with Gasteiger partial charge in [-0.2, -0.15) is 22.2 Å². The van der Waals surface area contributed by atoms with E-state index >= 15 is 0 Å². The second-order valence-electron chi connectivity index (χ2n) is 5.34. The molecule has 0 aliphatic rings. The second-order valence-corrected chi connectivity index (χ2v) is 6.36. The van der Waals surface area contributed by atoms with Gasteiger partial charge in [0.25, 0.3) is 0 Å². The van der Waals surface area contributed by atoms with Gasteiger partial charge in [0.05, 0.1) is 7.11 Å². The van der Waals surface area contributed by atoms with Gasteiger partial charge in [0.2, 0.25) is 0 Å². The molecule has 1 heterocycles. The number of methoxy groups -OCH3 is 1. The average Bonchev–Trinajstić information content (AvgIpc) is 3.05. The van der Waals surface area contributed by atoms with E-state index in [9.17, 15) is 17.6 Å². The number of halogens is 5. The quantitative estimate of drug-likeness (QED) is 0.367. The Morgan fingerprint density at radius 2 is 1.52 bits per heavy atom. The van der Waals surface area contributed by atoms with Crippen molar-refractivity contribution in [3.05, 3.63) is 58.3 Å². The minimum Gasteiger partial charge on any atom is -0.497 e. The monoisotopic (exact) mass is 493 g/mol. The molecule has 5 nitrogen and oxygen atoms in total. The van der Waals surface area contributed by atoms with Crippen LogP contribution in [0.1, 0.15) is 0 Å². The van der Waals surface area contributed by atoms with Crippen molar-refractivity contribution in [1.82, 2.24) is 15.0 Å². The number of hydrogen-bond acceptors (Lipinski definition) is 4. The third-order valence-electron chi connectivity index (χ3n) is 3.58. The molecule has 0 amide bonds. The number of ether oxygens (including phenoxy) is 2. The van der Waals surface area contributed by atoms with Crippen molar-refractivity contribution in [3.8, 4) is 22.8 Å². The van der Waals surface area contributed by atoms with E-state index in [1.807, 2.05) is 0 Å². The summed E-state index contributed by atoms with van der Waals surface area (Å²) in [5.74, 6) is -0.0744. The standard InChI is InChI=1S/C17H12F4IN3O2/c1-26-12-7-9-13(10-8-12)27-17(20,21)16(18,19)25-15(22)14(23-24-25)11-5-3-2-4-6-11/h2-10H,1H3. The number of aromatic nitrogens is 3. The molecule has 0 bridgehead atoms. The molecule has 0 N–H and O–H groups in total. The summed E-state index contributed by atoms with van der Waals surface area (Å²) in [6, 6.07) is 8.35. The molecule has 0 fully saturated rings. The highest BCUT2D eigenvalue weighted by atomic mass is 127. The van der Waals surface area contributed by atoms with E-state index in [-0.39, 0.29) is 14.1 Å². The summed E-state index contributed by atoms with van der Waals surface area (Å²) in [7, 11) is 1.38. The van der Waals surface area contributed by atoms with E-state index in [2.05, 4.69) is 15.0 Å². The van der Waals surface area contributed by atoms with Crippen molar-refractivity contribution in [1.29, 1.82) is 0 Å². The molecule has 3 rings (SSSR count). The normalized spacial score (nSPS) is 12.1. The maximum atomic E-state index is 14.5. The summed E-state index contributed by atoms with van der Waals surface area (Å²) in [4.78, 5) is 0. The summed E-state index contributed by atoms with van der Waals surface area (Å²) in [5.41, 5.74) is 0.541. The van der Waals surface area contributed by atoms with Crippen molar-refractivity contribution in [2.24, 2.45) is 0 Å². The Morgan fingerprint density at radius 1 is 0.926 bits per heavy atom. The minimum atomic E-state index is -4.87. The Labute approximate surface area is 165 Å². The Kier molecular flexibility index (Phi) is 5.27. The summed E-state index contributed by atoms with van der Waals surface area (Å²) in [5, 5.41) is 6.84. The predicted molar refractivity (Wildman–Crippen MR) is 96.9 cm³/mol. The van der Waals surface area contributed by atoms with Gasteiger partial charge in [0.1, 0.15) is 20.9 Å². The maximum absolute atomic E-state index is 14.5. The van der Waals surface area contributed by atoms with E-state index in [4.69, 9.17) is 4.74 Å². The molecule has 1 aromatic heterocycles. The fourth-order valence-electron chi connectivity index (χ4n) is 2.20. The molecule has 0 spiro atoms. The first-order valence-electron chi connectivity index (χ1n) is 7.52. The molecule has 0 unspecified atom stereocenters. The van der Waals surface area contributed by atoms with Crippen molar-refractivity contribution in [2.45, 2.75) is 12.2 Å². The first-order valence-corrected chi connectivity index (χ1v) is 8.60. The van der Waals surface area contributed by atoms with Gasteiger partial charge in [0, 0.05) is 5.56 Å². The summed E-state index contributed by atoms with van der Waals surface area (Å²) < 4.78 is 66.3. The van der Waals surface area contributed by atoms with E-state index in [0.717, 1.165) is 12.1 Å². The lowest BCUT2D eigenvalue weighted by molar-refractivity contribution is -0.352. The fourth-order valence-corrected chi connectivity index (χ4v) is 3.02. The zero-order valence-corrected chi connectivity index (χ0v) is 15.9. The van der Waals surface area contributed by atoms with E-state index in [1.165, 1.54) is 41.8 Å². The van der Waals surface area contributed by atoms with Crippen molar-refractivity contribution < 1.29 is 27.0 Å². The molecular formula is C17H12F4IN3O2. The van der Waals surface area contributed by atoms with E-state index in [0.29, 0.717) is 11.3 Å². The number of hydrogen-bond donors (Lipinski definition) is 0. The van der Waals surface area contributed by atoms with Crippen LogP contribution in [0.2, 0.25) is 0 Å². The molecule has 0 aliphatic carbocycles. The van der Waals surface area contributed by atoms with Crippen LogP contribution in [0, 0.1) is 3.70 Å². The van der Waals surface area contributed by atoms with Crippen LogP contribution in [0.5, 0.6) is 11.5 Å². The molecule has 0 radical (unpaired) electrons. The highest BCUT2D eigenvalue weighted by molar-refractivity contribution is 14.1. The van der Waals surface area contributed by atoms with Gasteiger partial charge in [-0.25, -0.2) is 0 Å². The van der Waals surface area contributed by atoms with Gasteiger partial charge in [-0.15, -0.1) is 5.10 Å². The van der Waals surface area contributed by atoms with Crippen LogP contribution in [0.4, 0.5) is 17.6 Å². The minimum absolute atomic E-state index is 0.0659. The van der Waals surface area contributed by atoms with Crippen LogP contribution < -0.4 is 9.47 Å². The van der Waals surface area contributed by atoms with Gasteiger partial charge in [0.15, 0.2) is 0 Å². The van der Waals surface area contributed by atoms with Crippen molar-refractivity contribution >= 4 is 22.6 Å². The Balaban J connectivity index is 1.91. The van der Waals surface area contributed by atoms with E-state index < -0.39 is 17.9 Å². The first kappa shape index (κ1) is 19.4.